The summed E-state index contributed by atoms with van der Waals surface area (Å²) < 4.78 is 2.52. The van der Waals surface area contributed by atoms with Crippen molar-refractivity contribution in [1.29, 1.82) is 0 Å². The lowest BCUT2D eigenvalue weighted by Gasteiger charge is -2.61. The summed E-state index contributed by atoms with van der Waals surface area (Å²) in [6, 6.07) is 51.5. The zero-order chi connectivity index (χ0) is 35.8. The molecule has 0 aliphatic heterocycles. The number of fused-ring (bicyclic) bond motifs is 10. The third-order valence-electron chi connectivity index (χ3n) is 14.1. The van der Waals surface area contributed by atoms with E-state index in [1.807, 2.05) is 11.3 Å². The van der Waals surface area contributed by atoms with Crippen LogP contribution in [0, 0.1) is 23.7 Å². The topological polar surface area (TPSA) is 38.7 Å². The molecule has 0 unspecified atom stereocenters. The van der Waals surface area contributed by atoms with Crippen LogP contribution >= 0.6 is 11.3 Å². The van der Waals surface area contributed by atoms with Crippen molar-refractivity contribution in [1.82, 2.24) is 15.0 Å². The van der Waals surface area contributed by atoms with Gasteiger partial charge in [0.2, 0.25) is 0 Å². The first-order valence-corrected chi connectivity index (χ1v) is 20.8. The molecule has 262 valence electrons. The molecule has 2 heterocycles. The molecule has 4 fully saturated rings. The highest BCUT2D eigenvalue weighted by molar-refractivity contribution is 7.25. The predicted molar refractivity (Wildman–Crippen MR) is 227 cm³/mol. The number of rotatable bonds is 3. The first-order valence-electron chi connectivity index (χ1n) is 20.0. The van der Waals surface area contributed by atoms with Crippen LogP contribution in [0.4, 0.5) is 0 Å². The van der Waals surface area contributed by atoms with Crippen molar-refractivity contribution < 1.29 is 0 Å². The number of aromatic nitrogens is 3. The van der Waals surface area contributed by atoms with Crippen LogP contribution in [0.2, 0.25) is 0 Å². The molecule has 7 aromatic carbocycles. The van der Waals surface area contributed by atoms with E-state index in [2.05, 4.69) is 140 Å². The van der Waals surface area contributed by atoms with E-state index >= 15 is 0 Å². The molecule has 14 rings (SSSR count). The zero-order valence-corrected chi connectivity index (χ0v) is 31.2. The number of benzene rings is 7. The van der Waals surface area contributed by atoms with Gasteiger partial charge in [0, 0.05) is 42.3 Å². The minimum atomic E-state index is 0.0200. The van der Waals surface area contributed by atoms with Gasteiger partial charge in [-0.3, -0.25) is 0 Å². The Bertz CT molecular complexity index is 3040. The average Bonchev–Trinajstić information content (AvgIpc) is 3.77. The predicted octanol–water partition coefficient (Wildman–Crippen LogP) is 13.3. The summed E-state index contributed by atoms with van der Waals surface area (Å²) in [5.41, 5.74) is 9.21. The highest BCUT2D eigenvalue weighted by atomic mass is 32.1. The van der Waals surface area contributed by atoms with Crippen molar-refractivity contribution in [3.8, 4) is 45.3 Å². The molecular formula is C51H37N3S. The second kappa shape index (κ2) is 11.2. The second-order valence-corrected chi connectivity index (χ2v) is 17.8. The first kappa shape index (κ1) is 30.6. The van der Waals surface area contributed by atoms with Crippen LogP contribution in [-0.4, -0.2) is 15.0 Å². The van der Waals surface area contributed by atoms with Crippen LogP contribution in [0.1, 0.15) is 43.2 Å². The fourth-order valence-corrected chi connectivity index (χ4v) is 13.4. The van der Waals surface area contributed by atoms with E-state index in [9.17, 15) is 0 Å². The Kier molecular flexibility index (Phi) is 6.22. The minimum Gasteiger partial charge on any atom is -0.208 e. The zero-order valence-electron chi connectivity index (χ0n) is 30.4. The molecule has 0 saturated heterocycles. The maximum Gasteiger partial charge on any atom is 0.164 e. The van der Waals surface area contributed by atoms with Gasteiger partial charge in [0.25, 0.3) is 0 Å². The molecule has 0 radical (unpaired) electrons. The lowest BCUT2D eigenvalue weighted by Crippen LogP contribution is -2.55. The standard InChI is InChI=1S/C51H37N3S/c1-2-10-33(11-3-1)48-52-49(54-50(53-48)41-14-8-16-44-45(41)40-13-6-7-15-43(40)55-44)34-18-17-32-20-22-39-38-21-19-31-9-4-5-12-37(31)46(38)51(47(39)42(32)28-34)35-24-29-23-30(26-35)27-36(51)25-29/h1-22,28-30,35-36H,23-27H2. The molecule has 0 atom stereocenters. The monoisotopic (exact) mass is 723 g/mol. The molecule has 9 aromatic rings. The van der Waals surface area contributed by atoms with Crippen molar-refractivity contribution in [2.45, 2.75) is 37.5 Å². The van der Waals surface area contributed by atoms with Gasteiger partial charge < -0.3 is 0 Å². The molecule has 0 N–H and O–H groups in total. The average molecular weight is 724 g/mol. The third kappa shape index (κ3) is 4.18. The SMILES string of the molecule is c1ccc(-c2nc(-c3ccc4ccc5c(c4c3)C3(c4c-5ccc5ccccc45)C4CC5CC(C4)CC3C5)nc(-c3cccc4sc5ccccc5c34)n2)cc1. The van der Waals surface area contributed by atoms with Crippen LogP contribution in [0.25, 0.3) is 87.0 Å². The summed E-state index contributed by atoms with van der Waals surface area (Å²) in [6.45, 7) is 0. The van der Waals surface area contributed by atoms with Crippen molar-refractivity contribution in [2.24, 2.45) is 23.7 Å². The Morgan fingerprint density at radius 2 is 1.04 bits per heavy atom. The van der Waals surface area contributed by atoms with Crippen LogP contribution in [0.3, 0.4) is 0 Å². The molecule has 5 aliphatic rings. The molecular weight excluding hydrogens is 687 g/mol. The van der Waals surface area contributed by atoms with E-state index in [0.717, 1.165) is 34.4 Å². The number of hydrogen-bond acceptors (Lipinski definition) is 4. The molecule has 4 saturated carbocycles. The van der Waals surface area contributed by atoms with Crippen LogP contribution < -0.4 is 0 Å². The van der Waals surface area contributed by atoms with Crippen molar-refractivity contribution >= 4 is 53.1 Å². The molecule has 55 heavy (non-hydrogen) atoms. The van der Waals surface area contributed by atoms with Crippen LogP contribution in [0.5, 0.6) is 0 Å². The number of nitrogens with zero attached hydrogens (tertiary/aromatic N) is 3. The summed E-state index contributed by atoms with van der Waals surface area (Å²) in [6.07, 6.45) is 6.85. The van der Waals surface area contributed by atoms with E-state index in [4.69, 9.17) is 15.0 Å². The fourth-order valence-electron chi connectivity index (χ4n) is 12.2. The van der Waals surface area contributed by atoms with Gasteiger partial charge in [-0.1, -0.05) is 121 Å². The van der Waals surface area contributed by atoms with Crippen LogP contribution in [0.15, 0.2) is 140 Å². The van der Waals surface area contributed by atoms with Crippen molar-refractivity contribution in [2.75, 3.05) is 0 Å². The molecule has 2 aromatic heterocycles. The smallest absolute Gasteiger partial charge is 0.164 e. The lowest BCUT2D eigenvalue weighted by atomic mass is 9.42. The molecule has 1 spiro atoms. The summed E-state index contributed by atoms with van der Waals surface area (Å²) in [5, 5.41) is 7.96. The summed E-state index contributed by atoms with van der Waals surface area (Å²) in [5.74, 6) is 5.23. The summed E-state index contributed by atoms with van der Waals surface area (Å²) >= 11 is 1.83. The van der Waals surface area contributed by atoms with Crippen molar-refractivity contribution in [3.05, 3.63) is 151 Å². The largest absolute Gasteiger partial charge is 0.208 e. The van der Waals surface area contributed by atoms with Gasteiger partial charge in [0.15, 0.2) is 17.5 Å². The van der Waals surface area contributed by atoms with Gasteiger partial charge in [0.1, 0.15) is 0 Å². The summed E-state index contributed by atoms with van der Waals surface area (Å²) in [7, 11) is 0. The first-order chi connectivity index (χ1) is 27.2. The normalized spacial score (nSPS) is 23.3. The van der Waals surface area contributed by atoms with Crippen LogP contribution in [-0.2, 0) is 5.41 Å². The van der Waals surface area contributed by atoms with Gasteiger partial charge in [-0.05, 0) is 118 Å². The molecule has 4 bridgehead atoms. The second-order valence-electron chi connectivity index (χ2n) is 16.8. The Hall–Kier alpha value is -5.71. The highest BCUT2D eigenvalue weighted by Gasteiger charge is 2.62. The van der Waals surface area contributed by atoms with E-state index in [1.54, 1.807) is 11.1 Å². The molecule has 3 nitrogen and oxygen atoms in total. The van der Waals surface area contributed by atoms with E-state index < -0.39 is 0 Å². The molecule has 4 heteroatoms. The maximum atomic E-state index is 5.38. The molecule has 5 aliphatic carbocycles. The summed E-state index contributed by atoms with van der Waals surface area (Å²) in [4.78, 5) is 15.9. The van der Waals surface area contributed by atoms with Gasteiger partial charge in [-0.25, -0.2) is 15.0 Å². The van der Waals surface area contributed by atoms with E-state index in [1.165, 1.54) is 84.9 Å². The third-order valence-corrected chi connectivity index (χ3v) is 15.2. The number of thiophene rings is 1. The molecule has 0 amide bonds. The number of hydrogen-bond donors (Lipinski definition) is 0. The lowest BCUT2D eigenvalue weighted by molar-refractivity contribution is -0.0388. The highest BCUT2D eigenvalue weighted by Crippen LogP contribution is 2.71. The Balaban J connectivity index is 1.07. The fraction of sp³-hybridized carbons (Fsp3) is 0.196. The minimum absolute atomic E-state index is 0.0200. The Morgan fingerprint density at radius 3 is 1.82 bits per heavy atom. The Labute approximate surface area is 323 Å². The maximum absolute atomic E-state index is 5.38. The van der Waals surface area contributed by atoms with Gasteiger partial charge >= 0.3 is 0 Å². The van der Waals surface area contributed by atoms with E-state index in [0.29, 0.717) is 23.5 Å². The Morgan fingerprint density at radius 1 is 0.436 bits per heavy atom. The van der Waals surface area contributed by atoms with E-state index in [-0.39, 0.29) is 5.41 Å². The van der Waals surface area contributed by atoms with Gasteiger partial charge in [-0.2, -0.15) is 0 Å². The van der Waals surface area contributed by atoms with Gasteiger partial charge in [0.05, 0.1) is 0 Å². The quantitative estimate of drug-likeness (QED) is 0.182. The van der Waals surface area contributed by atoms with Crippen molar-refractivity contribution in [3.63, 3.8) is 0 Å². The van der Waals surface area contributed by atoms with Gasteiger partial charge in [-0.15, -0.1) is 11.3 Å².